The molecule has 0 aliphatic carbocycles. The van der Waals surface area contributed by atoms with E-state index in [9.17, 15) is 0 Å². The SMILES string of the molecule is CCCCCCCCCCC(CCCCCCCCC)(CC(C)C)CC(C)C. The summed E-state index contributed by atoms with van der Waals surface area (Å²) in [5, 5.41) is 0. The van der Waals surface area contributed by atoms with Crippen LogP contribution in [-0.2, 0) is 0 Å². The lowest BCUT2D eigenvalue weighted by molar-refractivity contribution is 0.139. The van der Waals surface area contributed by atoms with Gasteiger partial charge in [-0.1, -0.05) is 138 Å². The molecular formula is C28H58. The van der Waals surface area contributed by atoms with Gasteiger partial charge in [0.1, 0.15) is 0 Å². The number of hydrogen-bond acceptors (Lipinski definition) is 0. The molecule has 0 atom stereocenters. The van der Waals surface area contributed by atoms with Crippen molar-refractivity contribution in [3.8, 4) is 0 Å². The van der Waals surface area contributed by atoms with Gasteiger partial charge in [-0.2, -0.15) is 0 Å². The number of unbranched alkanes of at least 4 members (excludes halogenated alkanes) is 13. The zero-order valence-electron chi connectivity index (χ0n) is 21.1. The Labute approximate surface area is 181 Å². The van der Waals surface area contributed by atoms with Gasteiger partial charge in [0.15, 0.2) is 0 Å². The van der Waals surface area contributed by atoms with Crippen molar-refractivity contribution in [3.63, 3.8) is 0 Å². The van der Waals surface area contributed by atoms with E-state index in [4.69, 9.17) is 0 Å². The van der Waals surface area contributed by atoms with Gasteiger partial charge in [-0.05, 0) is 42.9 Å². The molecule has 0 aromatic heterocycles. The van der Waals surface area contributed by atoms with E-state index in [2.05, 4.69) is 41.5 Å². The van der Waals surface area contributed by atoms with Crippen LogP contribution in [0.3, 0.4) is 0 Å². The standard InChI is InChI=1S/C28H58/c1-7-9-11-13-15-17-19-21-23-28(24-26(3)4,25-27(5)6)22-20-18-16-14-12-10-8-2/h26-27H,7-25H2,1-6H3. The Hall–Kier alpha value is 0. The maximum atomic E-state index is 2.45. The minimum absolute atomic E-state index is 0.633. The van der Waals surface area contributed by atoms with Crippen LogP contribution in [0.2, 0.25) is 0 Å². The smallest absolute Gasteiger partial charge is 0.0293 e. The van der Waals surface area contributed by atoms with Crippen LogP contribution >= 0.6 is 0 Å². The molecule has 0 nitrogen and oxygen atoms in total. The first-order valence-electron chi connectivity index (χ1n) is 13.5. The maximum absolute atomic E-state index is 2.45. The molecule has 0 aromatic rings. The normalized spacial score (nSPS) is 12.4. The molecule has 0 rings (SSSR count). The largest absolute Gasteiger partial charge is 0.0654 e. The van der Waals surface area contributed by atoms with Gasteiger partial charge < -0.3 is 0 Å². The summed E-state index contributed by atoms with van der Waals surface area (Å²) in [7, 11) is 0. The van der Waals surface area contributed by atoms with Crippen molar-refractivity contribution in [3.05, 3.63) is 0 Å². The molecule has 28 heavy (non-hydrogen) atoms. The van der Waals surface area contributed by atoms with Crippen molar-refractivity contribution < 1.29 is 0 Å². The second-order valence-corrected chi connectivity index (χ2v) is 10.8. The monoisotopic (exact) mass is 394 g/mol. The first-order chi connectivity index (χ1) is 13.5. The zero-order valence-corrected chi connectivity index (χ0v) is 21.1. The quantitative estimate of drug-likeness (QED) is 0.170. The third kappa shape index (κ3) is 16.9. The predicted octanol–water partition coefficient (Wildman–Crippen LogP) is 10.7. The molecule has 0 fully saturated rings. The van der Waals surface area contributed by atoms with E-state index in [1.54, 1.807) is 0 Å². The molecule has 0 bridgehead atoms. The Morgan fingerprint density at radius 1 is 0.429 bits per heavy atom. The van der Waals surface area contributed by atoms with Crippen molar-refractivity contribution in [1.29, 1.82) is 0 Å². The Balaban J connectivity index is 4.36. The molecule has 0 aromatic carbocycles. The molecule has 0 amide bonds. The fourth-order valence-corrected chi connectivity index (χ4v) is 5.44. The van der Waals surface area contributed by atoms with Crippen LogP contribution < -0.4 is 0 Å². The van der Waals surface area contributed by atoms with Gasteiger partial charge in [0.05, 0.1) is 0 Å². The van der Waals surface area contributed by atoms with Crippen LogP contribution in [0.4, 0.5) is 0 Å². The van der Waals surface area contributed by atoms with Gasteiger partial charge in [0.2, 0.25) is 0 Å². The molecule has 0 heteroatoms. The number of hydrogen-bond donors (Lipinski definition) is 0. The van der Waals surface area contributed by atoms with Crippen LogP contribution in [0.5, 0.6) is 0 Å². The first-order valence-corrected chi connectivity index (χ1v) is 13.5. The lowest BCUT2D eigenvalue weighted by Crippen LogP contribution is -2.25. The average molecular weight is 395 g/mol. The molecule has 170 valence electrons. The summed E-state index contributed by atoms with van der Waals surface area (Å²) in [4.78, 5) is 0. The Bertz CT molecular complexity index is 291. The summed E-state index contributed by atoms with van der Waals surface area (Å²) in [6, 6.07) is 0. The summed E-state index contributed by atoms with van der Waals surface area (Å²) in [5.74, 6) is 1.69. The lowest BCUT2D eigenvalue weighted by Gasteiger charge is -2.38. The Kier molecular flexibility index (Phi) is 19.0. The zero-order chi connectivity index (χ0) is 21.1. The van der Waals surface area contributed by atoms with E-state index >= 15 is 0 Å². The molecule has 0 saturated heterocycles. The fraction of sp³-hybridized carbons (Fsp3) is 1.00. The van der Waals surface area contributed by atoms with Crippen LogP contribution in [0, 0.1) is 17.3 Å². The summed E-state index contributed by atoms with van der Waals surface area (Å²) >= 11 is 0. The molecule has 0 heterocycles. The maximum Gasteiger partial charge on any atom is -0.0293 e. The van der Waals surface area contributed by atoms with E-state index in [1.807, 2.05) is 0 Å². The minimum atomic E-state index is 0.633. The average Bonchev–Trinajstić information content (AvgIpc) is 2.62. The molecule has 0 aliphatic heterocycles. The fourth-order valence-electron chi connectivity index (χ4n) is 5.44. The third-order valence-electron chi connectivity index (χ3n) is 6.55. The minimum Gasteiger partial charge on any atom is -0.0654 e. The molecule has 0 radical (unpaired) electrons. The van der Waals surface area contributed by atoms with Crippen molar-refractivity contribution in [2.24, 2.45) is 17.3 Å². The van der Waals surface area contributed by atoms with Crippen molar-refractivity contribution >= 4 is 0 Å². The highest BCUT2D eigenvalue weighted by Gasteiger charge is 2.30. The summed E-state index contributed by atoms with van der Waals surface area (Å²) in [5.41, 5.74) is 0.633. The molecule has 0 N–H and O–H groups in total. The van der Waals surface area contributed by atoms with Gasteiger partial charge >= 0.3 is 0 Å². The topological polar surface area (TPSA) is 0 Å². The van der Waals surface area contributed by atoms with Gasteiger partial charge in [-0.3, -0.25) is 0 Å². The Morgan fingerprint density at radius 2 is 0.714 bits per heavy atom. The van der Waals surface area contributed by atoms with Crippen molar-refractivity contribution in [2.75, 3.05) is 0 Å². The second kappa shape index (κ2) is 19.0. The van der Waals surface area contributed by atoms with Gasteiger partial charge in [0, 0.05) is 0 Å². The van der Waals surface area contributed by atoms with Gasteiger partial charge in [-0.15, -0.1) is 0 Å². The highest BCUT2D eigenvalue weighted by molar-refractivity contribution is 4.82. The molecule has 0 saturated carbocycles. The van der Waals surface area contributed by atoms with Gasteiger partial charge in [0.25, 0.3) is 0 Å². The Morgan fingerprint density at radius 3 is 1.00 bits per heavy atom. The van der Waals surface area contributed by atoms with E-state index in [0.717, 1.165) is 11.8 Å². The molecule has 0 unspecified atom stereocenters. The van der Waals surface area contributed by atoms with Crippen LogP contribution in [0.15, 0.2) is 0 Å². The van der Waals surface area contributed by atoms with Crippen molar-refractivity contribution in [1.82, 2.24) is 0 Å². The van der Waals surface area contributed by atoms with Crippen LogP contribution in [0.1, 0.15) is 164 Å². The van der Waals surface area contributed by atoms with Crippen LogP contribution in [-0.4, -0.2) is 0 Å². The van der Waals surface area contributed by atoms with Crippen molar-refractivity contribution in [2.45, 2.75) is 164 Å². The molecule has 0 aliphatic rings. The highest BCUT2D eigenvalue weighted by Crippen LogP contribution is 2.43. The first kappa shape index (κ1) is 28.0. The molecular weight excluding hydrogens is 336 g/mol. The summed E-state index contributed by atoms with van der Waals surface area (Å²) in [6.45, 7) is 14.4. The second-order valence-electron chi connectivity index (χ2n) is 10.8. The summed E-state index contributed by atoms with van der Waals surface area (Å²) in [6.07, 6.45) is 27.7. The number of rotatable bonds is 21. The summed E-state index contributed by atoms with van der Waals surface area (Å²) < 4.78 is 0. The highest BCUT2D eigenvalue weighted by atomic mass is 14.4. The van der Waals surface area contributed by atoms with E-state index in [1.165, 1.54) is 122 Å². The predicted molar refractivity (Wildman–Crippen MR) is 131 cm³/mol. The van der Waals surface area contributed by atoms with E-state index in [0.29, 0.717) is 5.41 Å². The van der Waals surface area contributed by atoms with Crippen LogP contribution in [0.25, 0.3) is 0 Å². The van der Waals surface area contributed by atoms with E-state index in [-0.39, 0.29) is 0 Å². The molecule has 0 spiro atoms. The lowest BCUT2D eigenvalue weighted by atomic mass is 9.68. The van der Waals surface area contributed by atoms with Gasteiger partial charge in [-0.25, -0.2) is 0 Å². The third-order valence-corrected chi connectivity index (χ3v) is 6.55. The van der Waals surface area contributed by atoms with E-state index < -0.39 is 0 Å².